The Morgan fingerprint density at radius 3 is 1.09 bits per heavy atom. The van der Waals surface area contributed by atoms with Crippen LogP contribution in [0.3, 0.4) is 0 Å². The number of carboxylic acids is 2. The van der Waals surface area contributed by atoms with Crippen molar-refractivity contribution in [1.82, 2.24) is 58.5 Å². The van der Waals surface area contributed by atoms with Crippen LogP contribution in [0.25, 0.3) is 0 Å². The molecule has 26 N–H and O–H groups in total. The molecular weight excluding hydrogens is 1300 g/mol. The summed E-state index contributed by atoms with van der Waals surface area (Å²) in [5.41, 5.74) is 18.6. The Balaban J connectivity index is 1.39. The van der Waals surface area contributed by atoms with E-state index in [1.807, 2.05) is 0 Å². The second kappa shape index (κ2) is 39.8. The quantitative estimate of drug-likeness (QED) is 0.0102. The molecule has 0 bridgehead atoms. The molecule has 0 heterocycles. The third-order valence-corrected chi connectivity index (χ3v) is 15.2. The van der Waals surface area contributed by atoms with E-state index in [9.17, 15) is 88.5 Å². The second-order valence-electron chi connectivity index (χ2n) is 23.1. The first-order valence-electron chi connectivity index (χ1n) is 31.4. The molecule has 9 atom stereocenters. The number of hydrogen-bond donors (Lipinski definition) is 23. The van der Waals surface area contributed by atoms with Crippen LogP contribution in [-0.2, 0) is 84.8 Å². The van der Waals surface area contributed by atoms with Crippen LogP contribution in [0.4, 0.5) is 0 Å². The summed E-state index contributed by atoms with van der Waals surface area (Å²) in [5, 5.41) is 112. The van der Waals surface area contributed by atoms with Crippen molar-refractivity contribution < 1.29 is 88.5 Å². The summed E-state index contributed by atoms with van der Waals surface area (Å²) in [5.74, 6) is -13.7. The topological polar surface area (TPSA) is 587 Å². The standard InChI is InChI=1S/C66H84N16O18/c67-45(8-4-26-72-65(68)69)56(91)76-46(9-5-27-73-66(70)71)58(93)82-53(35-83)63(98)77-47(29-37-10-18-41(84)19-11-37)57(92)74-34-54(88)75-48(30-38-12-20-42(85)21-13-38)59(94)78-50(31-39-14-22-43(86)23-15-39)60(95)79-49(28-36-6-2-1-3-7-36)61(96)80-51(33-55(89)90)62(97)81-52(64(99)100)32-40-16-24-44(87)25-17-40/h1-3,6-7,10-25,45-53,83-87H,4-5,8-9,26-35,67H2,(H,74,92)(H,75,88)(H,76,91)(H,77,98)(H,78,94)(H,79,95)(H,80,96)(H,81,97)(H,82,93)(H,89,90)(H,99,100)(H4,68,69,72)(H4,70,71,73)/t45-,46-,47-,48-,49-,50-,51-,52-,53-/m0/s1. The summed E-state index contributed by atoms with van der Waals surface area (Å²) in [6, 6.07) is 15.3. The van der Waals surface area contributed by atoms with Gasteiger partial charge in [0.15, 0.2) is 11.9 Å². The average Bonchev–Trinajstić information content (AvgIpc) is 0.885. The zero-order chi connectivity index (χ0) is 73.4. The molecule has 0 saturated carbocycles. The van der Waals surface area contributed by atoms with Crippen molar-refractivity contribution in [2.75, 3.05) is 26.2 Å². The highest BCUT2D eigenvalue weighted by Gasteiger charge is 2.36. The fraction of sp³-hybridized carbons (Fsp3) is 0.348. The summed E-state index contributed by atoms with van der Waals surface area (Å²) in [6.07, 6.45) is -2.27. The van der Waals surface area contributed by atoms with Crippen molar-refractivity contribution in [1.29, 1.82) is 10.8 Å². The molecule has 0 aliphatic rings. The van der Waals surface area contributed by atoms with Gasteiger partial charge in [-0.05, 0) is 102 Å². The number of rotatable bonds is 40. The molecule has 0 aliphatic carbocycles. The van der Waals surface area contributed by atoms with Crippen molar-refractivity contribution in [2.45, 2.75) is 119 Å². The highest BCUT2D eigenvalue weighted by atomic mass is 16.4. The van der Waals surface area contributed by atoms with Gasteiger partial charge in [0.1, 0.15) is 71.3 Å². The number of nitrogens with two attached hydrogens (primary N) is 3. The third-order valence-electron chi connectivity index (χ3n) is 15.2. The highest BCUT2D eigenvalue weighted by Crippen LogP contribution is 2.17. The minimum absolute atomic E-state index is 0.0856. The van der Waals surface area contributed by atoms with Crippen molar-refractivity contribution in [2.24, 2.45) is 17.2 Å². The number of amides is 9. The number of phenols is 4. The van der Waals surface area contributed by atoms with Gasteiger partial charge in [0.05, 0.1) is 25.6 Å². The summed E-state index contributed by atoms with van der Waals surface area (Å²) in [6.45, 7) is -1.65. The number of phenolic OH excluding ortho intramolecular Hbond substituents is 4. The summed E-state index contributed by atoms with van der Waals surface area (Å²) in [7, 11) is 0. The molecule has 0 spiro atoms. The molecule has 0 aromatic heterocycles. The monoisotopic (exact) mass is 1390 g/mol. The van der Waals surface area contributed by atoms with Crippen LogP contribution in [0.2, 0.25) is 0 Å². The molecule has 34 heteroatoms. The van der Waals surface area contributed by atoms with Gasteiger partial charge in [-0.1, -0.05) is 78.9 Å². The van der Waals surface area contributed by atoms with Gasteiger partial charge in [-0.2, -0.15) is 0 Å². The van der Waals surface area contributed by atoms with E-state index in [1.165, 1.54) is 97.1 Å². The molecule has 0 fully saturated rings. The van der Waals surface area contributed by atoms with Crippen LogP contribution in [0.1, 0.15) is 59.9 Å². The van der Waals surface area contributed by atoms with Gasteiger partial charge in [0.25, 0.3) is 0 Å². The number of aliphatic hydroxyl groups is 1. The van der Waals surface area contributed by atoms with Gasteiger partial charge in [0, 0.05) is 45.2 Å². The Morgan fingerprint density at radius 1 is 0.370 bits per heavy atom. The van der Waals surface area contributed by atoms with Gasteiger partial charge in [-0.3, -0.25) is 58.8 Å². The fourth-order valence-corrected chi connectivity index (χ4v) is 9.86. The SMILES string of the molecule is N=C(N)NCCC[C@H](NC(=O)[C@@H](N)CCCNC(=N)N)C(=O)N[C@@H](CO)C(=O)N[C@@H](Cc1ccc(O)cc1)C(=O)NCC(=O)N[C@@H](Cc1ccc(O)cc1)C(=O)N[C@@H](Cc1ccc(O)cc1)C(=O)N[C@@H](Cc1ccccc1)C(=O)N[C@@H](CC(=O)O)C(=O)N[C@@H](Cc1ccc(O)cc1)C(=O)O. The number of hydrogen-bond acceptors (Lipinski definition) is 19. The number of nitrogens with one attached hydrogen (secondary N) is 13. The molecule has 5 aromatic carbocycles. The molecule has 0 saturated heterocycles. The fourth-order valence-electron chi connectivity index (χ4n) is 9.86. The normalized spacial score (nSPS) is 13.5. The second-order valence-corrected chi connectivity index (χ2v) is 23.1. The zero-order valence-corrected chi connectivity index (χ0v) is 54.1. The minimum Gasteiger partial charge on any atom is -0.508 e. The van der Waals surface area contributed by atoms with Crippen LogP contribution >= 0.6 is 0 Å². The zero-order valence-electron chi connectivity index (χ0n) is 54.1. The van der Waals surface area contributed by atoms with Crippen LogP contribution < -0.4 is 75.7 Å². The van der Waals surface area contributed by atoms with E-state index < -0.39 is 139 Å². The molecule has 536 valence electrons. The number of benzene rings is 5. The highest BCUT2D eigenvalue weighted by molar-refractivity contribution is 5.99. The van der Waals surface area contributed by atoms with Gasteiger partial charge >= 0.3 is 11.9 Å². The summed E-state index contributed by atoms with van der Waals surface area (Å²) in [4.78, 5) is 152. The first kappa shape index (κ1) is 78.6. The maximum absolute atomic E-state index is 14.8. The predicted octanol–water partition coefficient (Wildman–Crippen LogP) is -3.58. The van der Waals surface area contributed by atoms with E-state index in [-0.39, 0.29) is 99.4 Å². The summed E-state index contributed by atoms with van der Waals surface area (Å²) < 4.78 is 0. The minimum atomic E-state index is -1.93. The van der Waals surface area contributed by atoms with E-state index in [4.69, 9.17) is 28.0 Å². The first-order valence-corrected chi connectivity index (χ1v) is 31.4. The Hall–Kier alpha value is -12.1. The van der Waals surface area contributed by atoms with E-state index in [0.29, 0.717) is 34.2 Å². The van der Waals surface area contributed by atoms with Crippen molar-refractivity contribution >= 4 is 77.0 Å². The maximum atomic E-state index is 14.8. The number of carboxylic acid groups (broad SMARTS) is 2. The first-order chi connectivity index (χ1) is 47.5. The lowest BCUT2D eigenvalue weighted by Crippen LogP contribution is -2.60. The Kier molecular flexibility index (Phi) is 31.3. The number of carbonyl (C=O) groups excluding carboxylic acids is 9. The van der Waals surface area contributed by atoms with E-state index in [1.54, 1.807) is 30.3 Å². The van der Waals surface area contributed by atoms with E-state index in [2.05, 4.69) is 58.5 Å². The molecule has 100 heavy (non-hydrogen) atoms. The van der Waals surface area contributed by atoms with Gasteiger partial charge in [-0.25, -0.2) is 4.79 Å². The van der Waals surface area contributed by atoms with Crippen molar-refractivity contribution in [3.05, 3.63) is 155 Å². The van der Waals surface area contributed by atoms with Gasteiger partial charge in [-0.15, -0.1) is 0 Å². The van der Waals surface area contributed by atoms with Crippen molar-refractivity contribution in [3.8, 4) is 23.0 Å². The lowest BCUT2D eigenvalue weighted by atomic mass is 10.0. The smallest absolute Gasteiger partial charge is 0.326 e. The molecular formula is C66H84N16O18. The molecule has 5 aromatic rings. The van der Waals surface area contributed by atoms with Crippen LogP contribution in [0.15, 0.2) is 127 Å². The average molecular weight is 1390 g/mol. The number of carbonyl (C=O) groups is 11. The Bertz CT molecular complexity index is 3630. The number of aromatic hydroxyl groups is 4. The van der Waals surface area contributed by atoms with Crippen LogP contribution in [0.5, 0.6) is 23.0 Å². The number of guanidine groups is 2. The summed E-state index contributed by atoms with van der Waals surface area (Å²) >= 11 is 0. The Labute approximate surface area is 573 Å². The van der Waals surface area contributed by atoms with Gasteiger partial charge < -0.3 is 111 Å². The van der Waals surface area contributed by atoms with Crippen LogP contribution in [-0.4, -0.2) is 193 Å². The molecule has 34 nitrogen and oxygen atoms in total. The lowest BCUT2D eigenvalue weighted by molar-refractivity contribution is -0.143. The number of aliphatic carboxylic acids is 2. The maximum Gasteiger partial charge on any atom is 0.326 e. The van der Waals surface area contributed by atoms with Gasteiger partial charge in [0.2, 0.25) is 53.2 Å². The molecule has 0 aliphatic heterocycles. The van der Waals surface area contributed by atoms with E-state index in [0.717, 1.165) is 0 Å². The lowest BCUT2D eigenvalue weighted by Gasteiger charge is -2.27. The molecule has 0 radical (unpaired) electrons. The number of aliphatic hydroxyl groups excluding tert-OH is 1. The van der Waals surface area contributed by atoms with Crippen molar-refractivity contribution in [3.63, 3.8) is 0 Å². The van der Waals surface area contributed by atoms with Crippen LogP contribution in [0, 0.1) is 10.8 Å². The molecule has 9 amide bonds. The third kappa shape index (κ3) is 27.9. The molecule has 5 rings (SSSR count). The molecule has 0 unspecified atom stereocenters. The largest absolute Gasteiger partial charge is 0.508 e. The van der Waals surface area contributed by atoms with E-state index >= 15 is 0 Å². The Morgan fingerprint density at radius 2 is 0.690 bits per heavy atom. The predicted molar refractivity (Wildman–Crippen MR) is 359 cm³/mol.